The molecule has 0 radical (unpaired) electrons. The van der Waals surface area contributed by atoms with Crippen LogP contribution in [0, 0.1) is 0 Å². The van der Waals surface area contributed by atoms with E-state index in [-0.39, 0.29) is 11.6 Å². The van der Waals surface area contributed by atoms with Crippen LogP contribution in [0.5, 0.6) is 0 Å². The molecule has 0 bridgehead atoms. The van der Waals surface area contributed by atoms with Gasteiger partial charge < -0.3 is 10.4 Å². The average molecular weight is 260 g/mol. The minimum atomic E-state index is -0.954. The molecule has 1 aromatic rings. The van der Waals surface area contributed by atoms with Gasteiger partial charge in [-0.2, -0.15) is 0 Å². The van der Waals surface area contributed by atoms with Crippen molar-refractivity contribution in [3.8, 4) is 0 Å². The monoisotopic (exact) mass is 260 g/mol. The molecule has 2 rings (SSSR count). The summed E-state index contributed by atoms with van der Waals surface area (Å²) in [7, 11) is 0. The molecular weight excluding hydrogens is 244 g/mol. The standard InChI is InChI=1S/C14H16N2O3/c1-2-8-15-14(19)16-9-4-6-10-11(13(17)18)5-3-7-12(10)16/h2-3,5,7H,1,4,6,8-9H2,(H,15,19)(H,17,18). The average Bonchev–Trinajstić information content (AvgIpc) is 2.43. The molecule has 0 unspecified atom stereocenters. The molecule has 0 atom stereocenters. The van der Waals surface area contributed by atoms with Gasteiger partial charge >= 0.3 is 12.0 Å². The van der Waals surface area contributed by atoms with Crippen molar-refractivity contribution in [1.29, 1.82) is 0 Å². The summed E-state index contributed by atoms with van der Waals surface area (Å²) >= 11 is 0. The third-order valence-corrected chi connectivity index (χ3v) is 3.12. The third-order valence-electron chi connectivity index (χ3n) is 3.12. The summed E-state index contributed by atoms with van der Waals surface area (Å²) in [5.74, 6) is -0.954. The van der Waals surface area contributed by atoms with E-state index >= 15 is 0 Å². The Bertz CT molecular complexity index is 525. The van der Waals surface area contributed by atoms with E-state index in [0.717, 1.165) is 12.0 Å². The number of anilines is 1. The Balaban J connectivity index is 2.34. The lowest BCUT2D eigenvalue weighted by atomic mass is 9.96. The van der Waals surface area contributed by atoms with Gasteiger partial charge in [-0.1, -0.05) is 12.1 Å². The SMILES string of the molecule is C=CCNC(=O)N1CCCc2c(C(=O)O)cccc21. The number of carbonyl (C=O) groups is 2. The lowest BCUT2D eigenvalue weighted by Gasteiger charge is -2.30. The Labute approximate surface area is 111 Å². The highest BCUT2D eigenvalue weighted by Crippen LogP contribution is 2.29. The number of hydrogen-bond donors (Lipinski definition) is 2. The van der Waals surface area contributed by atoms with Gasteiger partial charge in [0.2, 0.25) is 0 Å². The van der Waals surface area contributed by atoms with Gasteiger partial charge in [0.15, 0.2) is 0 Å². The first-order valence-electron chi connectivity index (χ1n) is 6.16. The largest absolute Gasteiger partial charge is 0.478 e. The van der Waals surface area contributed by atoms with Crippen LogP contribution in [0.25, 0.3) is 0 Å². The lowest BCUT2D eigenvalue weighted by molar-refractivity contribution is 0.0695. The number of nitrogens with zero attached hydrogens (tertiary/aromatic N) is 1. The highest BCUT2D eigenvalue weighted by Gasteiger charge is 2.25. The molecule has 2 N–H and O–H groups in total. The molecule has 0 saturated carbocycles. The highest BCUT2D eigenvalue weighted by molar-refractivity contribution is 5.97. The number of rotatable bonds is 3. The minimum Gasteiger partial charge on any atom is -0.478 e. The Kier molecular flexibility index (Phi) is 3.85. The second kappa shape index (κ2) is 5.56. The minimum absolute atomic E-state index is 0.219. The molecule has 19 heavy (non-hydrogen) atoms. The van der Waals surface area contributed by atoms with E-state index in [2.05, 4.69) is 11.9 Å². The van der Waals surface area contributed by atoms with E-state index in [9.17, 15) is 14.7 Å². The fourth-order valence-electron chi connectivity index (χ4n) is 2.29. The van der Waals surface area contributed by atoms with Crippen LogP contribution in [-0.4, -0.2) is 30.2 Å². The molecule has 1 aliphatic heterocycles. The van der Waals surface area contributed by atoms with Gasteiger partial charge in [-0.15, -0.1) is 6.58 Å². The molecule has 1 heterocycles. The fraction of sp³-hybridized carbons (Fsp3) is 0.286. The van der Waals surface area contributed by atoms with Crippen LogP contribution in [0.15, 0.2) is 30.9 Å². The van der Waals surface area contributed by atoms with Gasteiger partial charge in [-0.3, -0.25) is 4.90 Å². The number of carboxylic acids is 1. The number of hydrogen-bond acceptors (Lipinski definition) is 2. The van der Waals surface area contributed by atoms with Crippen molar-refractivity contribution in [2.75, 3.05) is 18.0 Å². The van der Waals surface area contributed by atoms with Crippen molar-refractivity contribution in [1.82, 2.24) is 5.32 Å². The van der Waals surface area contributed by atoms with Gasteiger partial charge in [0.25, 0.3) is 0 Å². The van der Waals surface area contributed by atoms with Crippen molar-refractivity contribution >= 4 is 17.7 Å². The van der Waals surface area contributed by atoms with Gasteiger partial charge in [0.05, 0.1) is 5.56 Å². The molecule has 1 aliphatic rings. The fourth-order valence-corrected chi connectivity index (χ4v) is 2.29. The van der Waals surface area contributed by atoms with Crippen LogP contribution in [0.4, 0.5) is 10.5 Å². The van der Waals surface area contributed by atoms with Crippen LogP contribution < -0.4 is 10.2 Å². The summed E-state index contributed by atoms with van der Waals surface area (Å²) in [6.07, 6.45) is 3.05. The second-order valence-corrected chi connectivity index (χ2v) is 4.34. The number of carboxylic acid groups (broad SMARTS) is 1. The predicted octanol–water partition coefficient (Wildman–Crippen LogP) is 2.03. The number of nitrogens with one attached hydrogen (secondary N) is 1. The first-order valence-corrected chi connectivity index (χ1v) is 6.16. The molecule has 0 saturated heterocycles. The molecular formula is C14H16N2O3. The molecule has 2 amide bonds. The summed E-state index contributed by atoms with van der Waals surface area (Å²) < 4.78 is 0. The van der Waals surface area contributed by atoms with Crippen LogP contribution in [0.2, 0.25) is 0 Å². The summed E-state index contributed by atoms with van der Waals surface area (Å²) in [6.45, 7) is 4.54. The number of carbonyl (C=O) groups excluding carboxylic acids is 1. The van der Waals surface area contributed by atoms with E-state index < -0.39 is 5.97 Å². The Morgan fingerprint density at radius 2 is 2.26 bits per heavy atom. The van der Waals surface area contributed by atoms with Crippen LogP contribution in [0.1, 0.15) is 22.3 Å². The molecule has 0 fully saturated rings. The zero-order valence-electron chi connectivity index (χ0n) is 10.6. The van der Waals surface area contributed by atoms with Crippen LogP contribution in [-0.2, 0) is 6.42 Å². The Hall–Kier alpha value is -2.30. The lowest BCUT2D eigenvalue weighted by Crippen LogP contribution is -2.43. The molecule has 0 spiro atoms. The van der Waals surface area contributed by atoms with Gasteiger partial charge in [0.1, 0.15) is 0 Å². The zero-order valence-corrected chi connectivity index (χ0v) is 10.6. The maximum atomic E-state index is 12.0. The normalized spacial score (nSPS) is 13.6. The predicted molar refractivity (Wildman–Crippen MR) is 72.7 cm³/mol. The number of fused-ring (bicyclic) bond motifs is 1. The van der Waals surface area contributed by atoms with E-state index in [1.165, 1.54) is 0 Å². The first-order chi connectivity index (χ1) is 9.15. The summed E-state index contributed by atoms with van der Waals surface area (Å²) in [5, 5.41) is 11.9. The molecule has 100 valence electrons. The van der Waals surface area contributed by atoms with E-state index in [1.807, 2.05) is 0 Å². The van der Waals surface area contributed by atoms with Gasteiger partial charge in [-0.25, -0.2) is 9.59 Å². The first kappa shape index (κ1) is 13.1. The van der Waals surface area contributed by atoms with Gasteiger partial charge in [0, 0.05) is 18.8 Å². The number of benzene rings is 1. The summed E-state index contributed by atoms with van der Waals surface area (Å²) in [6, 6.07) is 4.81. The van der Waals surface area contributed by atoms with E-state index in [1.54, 1.807) is 29.2 Å². The highest BCUT2D eigenvalue weighted by atomic mass is 16.4. The van der Waals surface area contributed by atoms with Crippen molar-refractivity contribution < 1.29 is 14.7 Å². The zero-order chi connectivity index (χ0) is 13.8. The quantitative estimate of drug-likeness (QED) is 0.817. The van der Waals surface area contributed by atoms with Gasteiger partial charge in [-0.05, 0) is 30.5 Å². The number of urea groups is 1. The summed E-state index contributed by atoms with van der Waals surface area (Å²) in [5.41, 5.74) is 1.70. The smallest absolute Gasteiger partial charge is 0.336 e. The number of amides is 2. The molecule has 5 nitrogen and oxygen atoms in total. The van der Waals surface area contributed by atoms with Crippen molar-refractivity contribution in [3.63, 3.8) is 0 Å². The van der Waals surface area contributed by atoms with E-state index in [0.29, 0.717) is 25.2 Å². The van der Waals surface area contributed by atoms with Crippen molar-refractivity contribution in [2.24, 2.45) is 0 Å². The topological polar surface area (TPSA) is 69.6 Å². The second-order valence-electron chi connectivity index (χ2n) is 4.34. The molecule has 5 heteroatoms. The molecule has 0 aliphatic carbocycles. The Morgan fingerprint density at radius 3 is 2.95 bits per heavy atom. The molecule has 1 aromatic carbocycles. The third kappa shape index (κ3) is 2.59. The van der Waals surface area contributed by atoms with Crippen molar-refractivity contribution in [2.45, 2.75) is 12.8 Å². The maximum absolute atomic E-state index is 12.0. The Morgan fingerprint density at radius 1 is 1.47 bits per heavy atom. The number of aromatic carboxylic acids is 1. The summed E-state index contributed by atoms with van der Waals surface area (Å²) in [4.78, 5) is 24.8. The van der Waals surface area contributed by atoms with Crippen LogP contribution in [0.3, 0.4) is 0 Å². The maximum Gasteiger partial charge on any atom is 0.336 e. The van der Waals surface area contributed by atoms with Crippen molar-refractivity contribution in [3.05, 3.63) is 42.0 Å². The van der Waals surface area contributed by atoms with E-state index in [4.69, 9.17) is 0 Å². The molecule has 0 aromatic heterocycles. The van der Waals surface area contributed by atoms with Crippen LogP contribution >= 0.6 is 0 Å².